The number of anilines is 1. The molecule has 2 bridgehead atoms. The molecule has 1 amide bonds. The van der Waals surface area contributed by atoms with E-state index in [0.717, 1.165) is 36.8 Å². The van der Waals surface area contributed by atoms with E-state index in [2.05, 4.69) is 53.1 Å². The largest absolute Gasteiger partial charge is 0.378 e. The van der Waals surface area contributed by atoms with Gasteiger partial charge < -0.3 is 15.4 Å². The molecule has 1 saturated heterocycles. The van der Waals surface area contributed by atoms with Crippen LogP contribution in [0.4, 0.5) is 5.69 Å². The molecule has 4 heteroatoms. The van der Waals surface area contributed by atoms with Crippen molar-refractivity contribution >= 4 is 11.6 Å². The van der Waals surface area contributed by atoms with Crippen LogP contribution in [-0.4, -0.2) is 25.2 Å². The van der Waals surface area contributed by atoms with Crippen molar-refractivity contribution in [2.45, 2.75) is 50.2 Å². The third-order valence-corrected chi connectivity index (χ3v) is 8.02. The zero-order valence-electron chi connectivity index (χ0n) is 17.3. The van der Waals surface area contributed by atoms with E-state index in [-0.39, 0.29) is 12.0 Å². The standard InChI is InChI=1S/C26H30N2O2/c29-26(27-15-20-7-4-12-30-20)19-10-11-22-21(14-19)23-17-8-9-18(13-17)24(23)25(28-22)16-5-2-1-3-6-16/h1-3,5-6,10-11,14,17-18,20,23-25,28H,4,7-9,12-13,15H2,(H,27,29)/t17-,18-,20-,23-,24-,25-/m0/s1. The molecule has 2 aromatic carbocycles. The minimum Gasteiger partial charge on any atom is -0.378 e. The number of ether oxygens (including phenoxy) is 1. The molecule has 2 heterocycles. The second kappa shape index (κ2) is 7.42. The minimum atomic E-state index is 0.0261. The van der Waals surface area contributed by atoms with Crippen LogP contribution < -0.4 is 10.6 Å². The van der Waals surface area contributed by atoms with Crippen LogP contribution in [0.2, 0.25) is 0 Å². The van der Waals surface area contributed by atoms with Crippen LogP contribution in [0, 0.1) is 17.8 Å². The molecule has 4 aliphatic rings. The number of carbonyl (C=O) groups excluding carboxylic acids is 1. The third-order valence-electron chi connectivity index (χ3n) is 8.02. The van der Waals surface area contributed by atoms with E-state index in [9.17, 15) is 4.79 Å². The molecule has 4 nitrogen and oxygen atoms in total. The lowest BCUT2D eigenvalue weighted by Gasteiger charge is -2.43. The highest BCUT2D eigenvalue weighted by atomic mass is 16.5. The number of amides is 1. The van der Waals surface area contributed by atoms with Gasteiger partial charge in [-0.25, -0.2) is 0 Å². The molecule has 2 saturated carbocycles. The molecule has 0 unspecified atom stereocenters. The molecule has 0 spiro atoms. The van der Waals surface area contributed by atoms with Crippen molar-refractivity contribution < 1.29 is 9.53 Å². The molecule has 3 fully saturated rings. The summed E-state index contributed by atoms with van der Waals surface area (Å²) in [4.78, 5) is 12.8. The molecule has 0 radical (unpaired) electrons. The average Bonchev–Trinajstić information content (AvgIpc) is 3.55. The Morgan fingerprint density at radius 2 is 1.93 bits per heavy atom. The zero-order chi connectivity index (χ0) is 20.1. The number of hydrogen-bond donors (Lipinski definition) is 2. The van der Waals surface area contributed by atoms with Gasteiger partial charge >= 0.3 is 0 Å². The molecule has 156 valence electrons. The van der Waals surface area contributed by atoms with Crippen molar-refractivity contribution in [3.8, 4) is 0 Å². The number of fused-ring (bicyclic) bond motifs is 7. The summed E-state index contributed by atoms with van der Waals surface area (Å²) in [6, 6.07) is 17.6. The number of hydrogen-bond acceptors (Lipinski definition) is 3. The van der Waals surface area contributed by atoms with Gasteiger partial charge in [-0.15, -0.1) is 0 Å². The Labute approximate surface area is 178 Å². The molecular weight excluding hydrogens is 372 g/mol. The molecule has 2 aliphatic carbocycles. The summed E-state index contributed by atoms with van der Waals surface area (Å²) in [5.41, 5.74) is 4.76. The van der Waals surface area contributed by atoms with Crippen molar-refractivity contribution in [1.29, 1.82) is 0 Å². The second-order valence-corrected chi connectivity index (χ2v) is 9.62. The van der Waals surface area contributed by atoms with Crippen molar-refractivity contribution in [3.05, 3.63) is 65.2 Å². The molecule has 2 aliphatic heterocycles. The number of benzene rings is 2. The van der Waals surface area contributed by atoms with Gasteiger partial charge in [-0.05, 0) is 85.1 Å². The fourth-order valence-electron chi connectivity index (χ4n) is 6.73. The van der Waals surface area contributed by atoms with Gasteiger partial charge in [0, 0.05) is 24.4 Å². The lowest BCUT2D eigenvalue weighted by atomic mass is 9.68. The summed E-state index contributed by atoms with van der Waals surface area (Å²) in [5.74, 6) is 2.78. The molecular formula is C26H30N2O2. The van der Waals surface area contributed by atoms with Gasteiger partial charge in [0.2, 0.25) is 0 Å². The Hall–Kier alpha value is -2.33. The lowest BCUT2D eigenvalue weighted by Crippen LogP contribution is -2.36. The quantitative estimate of drug-likeness (QED) is 0.765. The van der Waals surface area contributed by atoms with Crippen LogP contribution in [0.15, 0.2) is 48.5 Å². The van der Waals surface area contributed by atoms with Gasteiger partial charge in [0.15, 0.2) is 0 Å². The summed E-state index contributed by atoms with van der Waals surface area (Å²) < 4.78 is 5.65. The first-order valence-electron chi connectivity index (χ1n) is 11.6. The number of rotatable bonds is 4. The van der Waals surface area contributed by atoms with Crippen LogP contribution in [-0.2, 0) is 4.74 Å². The van der Waals surface area contributed by atoms with E-state index in [1.54, 1.807) is 0 Å². The van der Waals surface area contributed by atoms with Crippen LogP contribution in [0.3, 0.4) is 0 Å². The van der Waals surface area contributed by atoms with Gasteiger partial charge in [0.05, 0.1) is 12.1 Å². The minimum absolute atomic E-state index is 0.0261. The van der Waals surface area contributed by atoms with E-state index >= 15 is 0 Å². The van der Waals surface area contributed by atoms with E-state index in [4.69, 9.17) is 4.74 Å². The SMILES string of the molecule is O=C(NC[C@@H]1CCCO1)c1ccc2c(c1)[C@@H]1[C@H]3CC[C@@H](C3)[C@@H]1[C@H](c1ccccc1)N2. The summed E-state index contributed by atoms with van der Waals surface area (Å²) in [5, 5.41) is 6.95. The Balaban J connectivity index is 1.29. The predicted octanol–water partition coefficient (Wildman–Crippen LogP) is 4.89. The van der Waals surface area contributed by atoms with Gasteiger partial charge in [-0.3, -0.25) is 4.79 Å². The zero-order valence-corrected chi connectivity index (χ0v) is 17.3. The Morgan fingerprint density at radius 3 is 2.77 bits per heavy atom. The van der Waals surface area contributed by atoms with Crippen LogP contribution in [0.5, 0.6) is 0 Å². The van der Waals surface area contributed by atoms with Gasteiger partial charge in [-0.2, -0.15) is 0 Å². The summed E-state index contributed by atoms with van der Waals surface area (Å²) >= 11 is 0. The third kappa shape index (κ3) is 3.04. The first kappa shape index (κ1) is 18.4. The van der Waals surface area contributed by atoms with E-state index < -0.39 is 0 Å². The molecule has 0 aromatic heterocycles. The van der Waals surface area contributed by atoms with Crippen molar-refractivity contribution in [3.63, 3.8) is 0 Å². The van der Waals surface area contributed by atoms with Crippen LogP contribution in [0.25, 0.3) is 0 Å². The normalized spacial score (nSPS) is 33.6. The summed E-state index contributed by atoms with van der Waals surface area (Å²) in [7, 11) is 0. The molecule has 6 rings (SSSR count). The molecule has 6 atom stereocenters. The van der Waals surface area contributed by atoms with Crippen LogP contribution >= 0.6 is 0 Å². The van der Waals surface area contributed by atoms with E-state index in [0.29, 0.717) is 24.4 Å². The maximum Gasteiger partial charge on any atom is 0.251 e. The monoisotopic (exact) mass is 402 g/mol. The fraction of sp³-hybridized carbons (Fsp3) is 0.500. The van der Waals surface area contributed by atoms with Crippen molar-refractivity contribution in [2.75, 3.05) is 18.5 Å². The summed E-state index contributed by atoms with van der Waals surface area (Å²) in [6.45, 7) is 1.43. The Morgan fingerprint density at radius 1 is 1.07 bits per heavy atom. The highest BCUT2D eigenvalue weighted by molar-refractivity contribution is 5.95. The molecule has 2 aromatic rings. The highest BCUT2D eigenvalue weighted by Gasteiger charge is 2.53. The Kier molecular flexibility index (Phi) is 4.56. The van der Waals surface area contributed by atoms with E-state index in [1.165, 1.54) is 36.1 Å². The van der Waals surface area contributed by atoms with Crippen LogP contribution in [0.1, 0.15) is 65.5 Å². The van der Waals surface area contributed by atoms with Gasteiger partial charge in [0.1, 0.15) is 0 Å². The average molecular weight is 403 g/mol. The van der Waals surface area contributed by atoms with Crippen molar-refractivity contribution in [2.24, 2.45) is 17.8 Å². The maximum absolute atomic E-state index is 12.8. The first-order chi connectivity index (χ1) is 14.8. The molecule has 2 N–H and O–H groups in total. The maximum atomic E-state index is 12.8. The molecule has 30 heavy (non-hydrogen) atoms. The topological polar surface area (TPSA) is 50.4 Å². The second-order valence-electron chi connectivity index (χ2n) is 9.62. The van der Waals surface area contributed by atoms with Gasteiger partial charge in [-0.1, -0.05) is 30.3 Å². The number of carbonyl (C=O) groups is 1. The first-order valence-corrected chi connectivity index (χ1v) is 11.6. The smallest absolute Gasteiger partial charge is 0.251 e. The highest BCUT2D eigenvalue weighted by Crippen LogP contribution is 2.63. The lowest BCUT2D eigenvalue weighted by molar-refractivity contribution is 0.0857. The van der Waals surface area contributed by atoms with E-state index in [1.807, 2.05) is 6.07 Å². The fourth-order valence-corrected chi connectivity index (χ4v) is 6.73. The van der Waals surface area contributed by atoms with Crippen molar-refractivity contribution in [1.82, 2.24) is 5.32 Å². The predicted molar refractivity (Wildman–Crippen MR) is 118 cm³/mol. The van der Waals surface area contributed by atoms with Gasteiger partial charge in [0.25, 0.3) is 5.91 Å². The summed E-state index contributed by atoms with van der Waals surface area (Å²) in [6.07, 6.45) is 6.35. The number of nitrogens with one attached hydrogen (secondary N) is 2. The Bertz CT molecular complexity index is 937.